The van der Waals surface area contributed by atoms with Crippen LogP contribution in [0.4, 0.5) is 0 Å². The number of fused-ring (bicyclic) bond motifs is 1. The fraction of sp³-hybridized carbons (Fsp3) is 0.545. The van der Waals surface area contributed by atoms with Crippen LogP contribution in [0.2, 0.25) is 0 Å². The topological polar surface area (TPSA) is 49.9 Å². The minimum atomic E-state index is -3.47. The highest BCUT2D eigenvalue weighted by atomic mass is 32.2. The van der Waals surface area contributed by atoms with Gasteiger partial charge in [-0.1, -0.05) is 24.6 Å². The molecule has 2 aliphatic rings. The Morgan fingerprint density at radius 2 is 1.90 bits per heavy atom. The van der Waals surface area contributed by atoms with Crippen LogP contribution in [-0.2, 0) is 23.0 Å². The molecule has 1 fully saturated rings. The lowest BCUT2D eigenvalue weighted by atomic mass is 10.1. The number of sulfonamides is 1. The van der Waals surface area contributed by atoms with Gasteiger partial charge in [0.15, 0.2) is 5.06 Å². The van der Waals surface area contributed by atoms with Crippen molar-refractivity contribution in [1.82, 2.24) is 9.21 Å². The summed E-state index contributed by atoms with van der Waals surface area (Å²) in [6.45, 7) is 7.08. The van der Waals surface area contributed by atoms with E-state index in [2.05, 4.69) is 11.0 Å². The molecule has 0 radical (unpaired) electrons. The predicted molar refractivity (Wildman–Crippen MR) is 117 cm³/mol. The van der Waals surface area contributed by atoms with Gasteiger partial charge in [-0.2, -0.15) is 4.31 Å². The number of benzene rings is 1. The molecule has 1 aromatic carbocycles. The first kappa shape index (κ1) is 20.8. The first-order valence-electron chi connectivity index (χ1n) is 10.6. The van der Waals surface area contributed by atoms with Crippen LogP contribution in [0.1, 0.15) is 41.7 Å². The van der Waals surface area contributed by atoms with Gasteiger partial charge in [0, 0.05) is 24.5 Å². The van der Waals surface area contributed by atoms with E-state index in [9.17, 15) is 8.42 Å². The largest absolute Gasteiger partial charge is 0.484 e. The number of nitrogens with zero attached hydrogens (tertiary/aromatic N) is 2. The van der Waals surface area contributed by atoms with E-state index in [4.69, 9.17) is 4.74 Å². The van der Waals surface area contributed by atoms with Gasteiger partial charge in [-0.25, -0.2) is 8.42 Å². The number of rotatable bonds is 7. The van der Waals surface area contributed by atoms with E-state index < -0.39 is 10.0 Å². The Labute approximate surface area is 178 Å². The molecule has 3 heterocycles. The number of ether oxygens (including phenoxy) is 1. The lowest BCUT2D eigenvalue weighted by Crippen LogP contribution is -2.35. The van der Waals surface area contributed by atoms with Crippen LogP contribution in [0.3, 0.4) is 0 Å². The molecule has 1 aromatic heterocycles. The molecular formula is C22H30N2O3S2. The van der Waals surface area contributed by atoms with Crippen LogP contribution in [0, 0.1) is 6.92 Å². The highest BCUT2D eigenvalue weighted by Crippen LogP contribution is 2.35. The van der Waals surface area contributed by atoms with E-state index in [0.29, 0.717) is 18.0 Å². The number of thiophene rings is 1. The fourth-order valence-electron chi connectivity index (χ4n) is 4.17. The zero-order chi connectivity index (χ0) is 20.3. The SMILES string of the molecule is Cc1ccccc1S(=O)(=O)N1CCc2cc(OCCCN3CCCCC3)sc2C1. The van der Waals surface area contributed by atoms with Crippen molar-refractivity contribution in [2.24, 2.45) is 0 Å². The van der Waals surface area contributed by atoms with Crippen molar-refractivity contribution < 1.29 is 13.2 Å². The summed E-state index contributed by atoms with van der Waals surface area (Å²) in [5.74, 6) is 0. The Balaban J connectivity index is 1.34. The summed E-state index contributed by atoms with van der Waals surface area (Å²) in [4.78, 5) is 4.05. The molecule has 4 rings (SSSR count). The molecule has 2 aliphatic heterocycles. The monoisotopic (exact) mass is 434 g/mol. The van der Waals surface area contributed by atoms with Crippen LogP contribution in [0.5, 0.6) is 5.06 Å². The van der Waals surface area contributed by atoms with Crippen LogP contribution < -0.4 is 4.74 Å². The first-order chi connectivity index (χ1) is 14.0. The predicted octanol–water partition coefficient (Wildman–Crippen LogP) is 4.06. The third-order valence-corrected chi connectivity index (χ3v) is 8.93. The summed E-state index contributed by atoms with van der Waals surface area (Å²) in [6.07, 6.45) is 5.79. The van der Waals surface area contributed by atoms with Crippen molar-refractivity contribution in [3.63, 3.8) is 0 Å². The minimum Gasteiger partial charge on any atom is -0.484 e. The highest BCUT2D eigenvalue weighted by molar-refractivity contribution is 7.89. The van der Waals surface area contributed by atoms with Crippen molar-refractivity contribution >= 4 is 21.4 Å². The maximum Gasteiger partial charge on any atom is 0.243 e. The summed E-state index contributed by atoms with van der Waals surface area (Å²) < 4.78 is 33.8. The molecule has 2 aromatic rings. The van der Waals surface area contributed by atoms with Crippen molar-refractivity contribution in [1.29, 1.82) is 0 Å². The summed E-state index contributed by atoms with van der Waals surface area (Å²) in [5.41, 5.74) is 2.03. The summed E-state index contributed by atoms with van der Waals surface area (Å²) >= 11 is 1.60. The number of aryl methyl sites for hydroxylation is 1. The molecule has 0 bridgehead atoms. The standard InChI is InChI=1S/C22H30N2O3S2/c1-18-8-3-4-9-21(18)29(25,26)24-14-10-19-16-22(28-20(19)17-24)27-15-7-13-23-11-5-2-6-12-23/h3-4,8-9,16H,2,5-7,10-15,17H2,1H3. The van der Waals surface area contributed by atoms with E-state index in [-0.39, 0.29) is 0 Å². The van der Waals surface area contributed by atoms with E-state index in [1.807, 2.05) is 19.1 Å². The molecule has 158 valence electrons. The molecular weight excluding hydrogens is 404 g/mol. The van der Waals surface area contributed by atoms with E-state index in [1.54, 1.807) is 27.8 Å². The third kappa shape index (κ3) is 4.85. The van der Waals surface area contributed by atoms with Gasteiger partial charge in [0.1, 0.15) is 0 Å². The third-order valence-electron chi connectivity index (χ3n) is 5.85. The Bertz CT molecular complexity index is 933. The highest BCUT2D eigenvalue weighted by Gasteiger charge is 2.30. The number of piperidine rings is 1. The summed E-state index contributed by atoms with van der Waals surface area (Å²) in [7, 11) is -3.47. The summed E-state index contributed by atoms with van der Waals surface area (Å²) in [6, 6.07) is 9.32. The molecule has 0 amide bonds. The molecule has 0 saturated carbocycles. The lowest BCUT2D eigenvalue weighted by Gasteiger charge is -2.26. The first-order valence-corrected chi connectivity index (χ1v) is 12.8. The molecule has 29 heavy (non-hydrogen) atoms. The van der Waals surface area contributed by atoms with Gasteiger partial charge in [-0.3, -0.25) is 0 Å². The normalized spacial score (nSPS) is 18.5. The molecule has 0 aliphatic carbocycles. The van der Waals surface area contributed by atoms with Crippen molar-refractivity contribution in [2.75, 3.05) is 32.8 Å². The zero-order valence-electron chi connectivity index (χ0n) is 17.1. The molecule has 7 heteroatoms. The Hall–Kier alpha value is -1.41. The smallest absolute Gasteiger partial charge is 0.243 e. The Kier molecular flexibility index (Phi) is 6.59. The maximum atomic E-state index is 13.1. The zero-order valence-corrected chi connectivity index (χ0v) is 18.7. The second-order valence-corrected chi connectivity index (χ2v) is 11.0. The van der Waals surface area contributed by atoms with Gasteiger partial charge in [0.25, 0.3) is 0 Å². The van der Waals surface area contributed by atoms with Gasteiger partial charge < -0.3 is 9.64 Å². The number of hydrogen-bond acceptors (Lipinski definition) is 5. The number of hydrogen-bond donors (Lipinski definition) is 0. The van der Waals surface area contributed by atoms with Crippen molar-refractivity contribution in [3.8, 4) is 5.06 Å². The van der Waals surface area contributed by atoms with E-state index in [0.717, 1.165) is 41.5 Å². The lowest BCUT2D eigenvalue weighted by molar-refractivity contribution is 0.206. The molecule has 0 unspecified atom stereocenters. The van der Waals surface area contributed by atoms with Gasteiger partial charge in [-0.15, -0.1) is 11.3 Å². The van der Waals surface area contributed by atoms with Crippen LogP contribution >= 0.6 is 11.3 Å². The van der Waals surface area contributed by atoms with Crippen LogP contribution in [-0.4, -0.2) is 50.4 Å². The molecule has 0 N–H and O–H groups in total. The van der Waals surface area contributed by atoms with Crippen molar-refractivity contribution in [3.05, 3.63) is 46.3 Å². The van der Waals surface area contributed by atoms with Gasteiger partial charge in [0.2, 0.25) is 10.0 Å². The van der Waals surface area contributed by atoms with Crippen LogP contribution in [0.15, 0.2) is 35.2 Å². The minimum absolute atomic E-state index is 0.411. The molecule has 5 nitrogen and oxygen atoms in total. The van der Waals surface area contributed by atoms with Crippen molar-refractivity contribution in [2.45, 2.75) is 50.5 Å². The molecule has 1 saturated heterocycles. The van der Waals surface area contributed by atoms with Crippen LogP contribution in [0.25, 0.3) is 0 Å². The second kappa shape index (κ2) is 9.16. The number of likely N-dealkylation sites (tertiary alicyclic amines) is 1. The maximum absolute atomic E-state index is 13.1. The van der Waals surface area contributed by atoms with Gasteiger partial charge in [-0.05, 0) is 69.0 Å². The quantitative estimate of drug-likeness (QED) is 0.617. The second-order valence-electron chi connectivity index (χ2n) is 7.97. The fourth-order valence-corrected chi connectivity index (χ4v) is 6.99. The Morgan fingerprint density at radius 3 is 2.69 bits per heavy atom. The average Bonchev–Trinajstić information content (AvgIpc) is 3.14. The van der Waals surface area contributed by atoms with E-state index >= 15 is 0 Å². The molecule has 0 atom stereocenters. The summed E-state index contributed by atoms with van der Waals surface area (Å²) in [5, 5.41) is 0.920. The van der Waals surface area contributed by atoms with E-state index in [1.165, 1.54) is 37.9 Å². The van der Waals surface area contributed by atoms with Gasteiger partial charge in [0.05, 0.1) is 11.5 Å². The average molecular weight is 435 g/mol. The molecule has 0 spiro atoms. The van der Waals surface area contributed by atoms with Gasteiger partial charge >= 0.3 is 0 Å². The Morgan fingerprint density at radius 1 is 1.10 bits per heavy atom.